The zero-order valence-corrected chi connectivity index (χ0v) is 13.8. The lowest BCUT2D eigenvalue weighted by atomic mass is 9.88. The van der Waals surface area contributed by atoms with Gasteiger partial charge in [-0.15, -0.1) is 13.2 Å². The molecule has 0 N–H and O–H groups in total. The molecule has 7 heteroatoms. The molecule has 1 aliphatic heterocycles. The number of hydrogen-bond acceptors (Lipinski definition) is 4. The average Bonchev–Trinajstić information content (AvgIpc) is 2.52. The summed E-state index contributed by atoms with van der Waals surface area (Å²) in [6.45, 7) is 1.32. The third-order valence-electron chi connectivity index (χ3n) is 3.82. The summed E-state index contributed by atoms with van der Waals surface area (Å²) < 4.78 is 51.5. The highest BCUT2D eigenvalue weighted by Gasteiger charge is 2.35. The van der Waals surface area contributed by atoms with Gasteiger partial charge >= 0.3 is 6.36 Å². The molecule has 1 heterocycles. The molecule has 2 aliphatic rings. The van der Waals surface area contributed by atoms with E-state index in [1.165, 1.54) is 0 Å². The second-order valence-corrected chi connectivity index (χ2v) is 6.72. The minimum absolute atomic E-state index is 0.127. The lowest BCUT2D eigenvalue weighted by Gasteiger charge is -2.26. The molecule has 0 aromatic heterocycles. The standard InChI is InChI=1S/C16H21F3O3S/c1-23-14-10-20-15(21-11-14)5-3-2-4-12-6-8-13(9-7-12)22-16(17,18)19/h3,5,12-15H,6-11H2,1H3/b5-3+. The normalized spacial score (nSPS) is 32.5. The van der Waals surface area contributed by atoms with Gasteiger partial charge < -0.3 is 9.47 Å². The highest BCUT2D eigenvalue weighted by molar-refractivity contribution is 7.99. The molecule has 1 saturated heterocycles. The first kappa shape index (κ1) is 18.7. The molecule has 0 unspecified atom stereocenters. The van der Waals surface area contributed by atoms with Crippen LogP contribution in [-0.2, 0) is 14.2 Å². The van der Waals surface area contributed by atoms with Crippen molar-refractivity contribution in [3.8, 4) is 11.8 Å². The fraction of sp³-hybridized carbons (Fsp3) is 0.750. The average molecular weight is 350 g/mol. The topological polar surface area (TPSA) is 27.7 Å². The molecule has 1 aliphatic carbocycles. The van der Waals surface area contributed by atoms with Crippen molar-refractivity contribution in [3.05, 3.63) is 12.2 Å². The summed E-state index contributed by atoms with van der Waals surface area (Å²) in [6.07, 6.45) is 1.92. The number of alkyl halides is 3. The summed E-state index contributed by atoms with van der Waals surface area (Å²) in [7, 11) is 0. The van der Waals surface area contributed by atoms with Gasteiger partial charge in [0, 0.05) is 5.92 Å². The third-order valence-corrected chi connectivity index (χ3v) is 4.76. The van der Waals surface area contributed by atoms with Gasteiger partial charge in [0.1, 0.15) is 0 Å². The number of hydrogen-bond donors (Lipinski definition) is 0. The van der Waals surface area contributed by atoms with Crippen LogP contribution in [0, 0.1) is 17.8 Å². The van der Waals surface area contributed by atoms with Gasteiger partial charge in [-0.1, -0.05) is 11.8 Å². The Labute approximate surface area is 138 Å². The first-order chi connectivity index (χ1) is 11.0. The van der Waals surface area contributed by atoms with Gasteiger partial charge in [-0.3, -0.25) is 4.74 Å². The van der Waals surface area contributed by atoms with E-state index in [0.717, 1.165) is 0 Å². The Morgan fingerprint density at radius 2 is 1.78 bits per heavy atom. The van der Waals surface area contributed by atoms with Crippen LogP contribution in [0.5, 0.6) is 0 Å². The van der Waals surface area contributed by atoms with Gasteiger partial charge in [-0.25, -0.2) is 0 Å². The minimum Gasteiger partial charge on any atom is -0.348 e. The molecule has 0 amide bonds. The van der Waals surface area contributed by atoms with E-state index in [1.807, 2.05) is 6.26 Å². The van der Waals surface area contributed by atoms with Gasteiger partial charge in [0.2, 0.25) is 0 Å². The number of halogens is 3. The number of ether oxygens (including phenoxy) is 3. The van der Waals surface area contributed by atoms with E-state index in [2.05, 4.69) is 16.6 Å². The molecule has 2 rings (SSSR count). The number of thioether (sulfide) groups is 1. The van der Waals surface area contributed by atoms with Gasteiger partial charge in [0.05, 0.1) is 24.6 Å². The lowest BCUT2D eigenvalue weighted by molar-refractivity contribution is -0.345. The van der Waals surface area contributed by atoms with E-state index in [1.54, 1.807) is 23.9 Å². The SMILES string of the molecule is CSC1COC(/C=C/C#CC2CCC(OC(F)(F)F)CC2)OC1. The second kappa shape index (κ2) is 8.97. The van der Waals surface area contributed by atoms with Crippen LogP contribution in [0.25, 0.3) is 0 Å². The summed E-state index contributed by atoms with van der Waals surface area (Å²) in [5, 5.41) is 0.375. The molecule has 0 spiro atoms. The molecule has 0 aromatic carbocycles. The van der Waals surface area contributed by atoms with Crippen molar-refractivity contribution in [2.24, 2.45) is 5.92 Å². The van der Waals surface area contributed by atoms with Gasteiger partial charge in [0.15, 0.2) is 6.29 Å². The van der Waals surface area contributed by atoms with E-state index in [9.17, 15) is 13.2 Å². The van der Waals surface area contributed by atoms with E-state index < -0.39 is 12.5 Å². The zero-order valence-electron chi connectivity index (χ0n) is 13.0. The van der Waals surface area contributed by atoms with Gasteiger partial charge in [-0.05, 0) is 44.1 Å². The molecule has 0 radical (unpaired) electrons. The smallest absolute Gasteiger partial charge is 0.348 e. The maximum atomic E-state index is 12.1. The quantitative estimate of drug-likeness (QED) is 0.725. The van der Waals surface area contributed by atoms with E-state index in [4.69, 9.17) is 9.47 Å². The predicted molar refractivity (Wildman–Crippen MR) is 82.8 cm³/mol. The number of rotatable bonds is 3. The molecule has 130 valence electrons. The Hall–Kier alpha value is -0.680. The molecule has 23 heavy (non-hydrogen) atoms. The van der Waals surface area contributed by atoms with Crippen molar-refractivity contribution in [1.82, 2.24) is 0 Å². The molecular weight excluding hydrogens is 329 g/mol. The Morgan fingerprint density at radius 1 is 1.13 bits per heavy atom. The lowest BCUT2D eigenvalue weighted by Crippen LogP contribution is -2.32. The van der Waals surface area contributed by atoms with Crippen LogP contribution in [0.15, 0.2) is 12.2 Å². The van der Waals surface area contributed by atoms with Crippen LogP contribution < -0.4 is 0 Å². The maximum absolute atomic E-state index is 12.1. The van der Waals surface area contributed by atoms with E-state index >= 15 is 0 Å². The third kappa shape index (κ3) is 7.17. The Bertz CT molecular complexity index is 440. The zero-order chi connectivity index (χ0) is 16.7. The molecular formula is C16H21F3O3S. The summed E-state index contributed by atoms with van der Waals surface area (Å²) in [5.74, 6) is 6.13. The summed E-state index contributed by atoms with van der Waals surface area (Å²) >= 11 is 1.72. The van der Waals surface area contributed by atoms with Crippen LogP contribution >= 0.6 is 11.8 Å². The van der Waals surface area contributed by atoms with Crippen LogP contribution in [0.2, 0.25) is 0 Å². The van der Waals surface area contributed by atoms with Crippen molar-refractivity contribution >= 4 is 11.8 Å². The highest BCUT2D eigenvalue weighted by Crippen LogP contribution is 2.30. The largest absolute Gasteiger partial charge is 0.522 e. The first-order valence-electron chi connectivity index (χ1n) is 7.64. The van der Waals surface area contributed by atoms with Crippen LogP contribution in [0.1, 0.15) is 25.7 Å². The number of allylic oxidation sites excluding steroid dienone is 1. The van der Waals surface area contributed by atoms with Gasteiger partial charge in [0.25, 0.3) is 0 Å². The van der Waals surface area contributed by atoms with Crippen molar-refractivity contribution in [2.45, 2.75) is 49.7 Å². The summed E-state index contributed by atoms with van der Waals surface area (Å²) in [5.41, 5.74) is 0. The summed E-state index contributed by atoms with van der Waals surface area (Å²) in [4.78, 5) is 0. The first-order valence-corrected chi connectivity index (χ1v) is 8.93. The fourth-order valence-electron chi connectivity index (χ4n) is 2.55. The van der Waals surface area contributed by atoms with Crippen LogP contribution in [-0.4, -0.2) is 43.5 Å². The van der Waals surface area contributed by atoms with Crippen LogP contribution in [0.3, 0.4) is 0 Å². The van der Waals surface area contributed by atoms with Crippen molar-refractivity contribution in [1.29, 1.82) is 0 Å². The fourth-order valence-corrected chi connectivity index (χ4v) is 2.98. The molecule has 0 aromatic rings. The monoisotopic (exact) mass is 350 g/mol. The Balaban J connectivity index is 1.67. The van der Waals surface area contributed by atoms with Gasteiger partial charge in [-0.2, -0.15) is 11.8 Å². The molecule has 0 bridgehead atoms. The van der Waals surface area contributed by atoms with E-state index in [-0.39, 0.29) is 12.2 Å². The molecule has 2 fully saturated rings. The second-order valence-electron chi connectivity index (χ2n) is 5.58. The molecule has 0 atom stereocenters. The Morgan fingerprint density at radius 3 is 2.35 bits per heavy atom. The molecule has 3 nitrogen and oxygen atoms in total. The molecule has 1 saturated carbocycles. The van der Waals surface area contributed by atoms with Crippen molar-refractivity contribution in [2.75, 3.05) is 19.5 Å². The Kier molecular flexibility index (Phi) is 7.28. The maximum Gasteiger partial charge on any atom is 0.522 e. The van der Waals surface area contributed by atoms with E-state index in [0.29, 0.717) is 44.1 Å². The van der Waals surface area contributed by atoms with Crippen molar-refractivity contribution < 1.29 is 27.4 Å². The minimum atomic E-state index is -4.54. The van der Waals surface area contributed by atoms with Crippen molar-refractivity contribution in [3.63, 3.8) is 0 Å². The highest BCUT2D eigenvalue weighted by atomic mass is 32.2. The van der Waals surface area contributed by atoms with Crippen LogP contribution in [0.4, 0.5) is 13.2 Å². The predicted octanol–water partition coefficient (Wildman–Crippen LogP) is 3.75. The summed E-state index contributed by atoms with van der Waals surface area (Å²) in [6, 6.07) is 0.